The van der Waals surface area contributed by atoms with Crippen LogP contribution in [0.2, 0.25) is 5.02 Å². The zero-order valence-corrected chi connectivity index (χ0v) is 15.3. The molecule has 5 heteroatoms. The fraction of sp³-hybridized carbons (Fsp3) is 0.300. The van der Waals surface area contributed by atoms with E-state index in [0.717, 1.165) is 22.4 Å². The van der Waals surface area contributed by atoms with Crippen LogP contribution in [0, 0.1) is 32.6 Å². The van der Waals surface area contributed by atoms with Crippen LogP contribution >= 0.6 is 11.6 Å². The molecular weight excluding hydrogens is 336 g/mol. The average molecular weight is 357 g/mol. The lowest BCUT2D eigenvalue weighted by molar-refractivity contribution is -0.122. The number of benzene rings is 2. The molecule has 0 bridgehead atoms. The van der Waals surface area contributed by atoms with Crippen molar-refractivity contribution in [1.82, 2.24) is 0 Å². The molecule has 0 aliphatic heterocycles. The molecule has 0 saturated heterocycles. The summed E-state index contributed by atoms with van der Waals surface area (Å²) in [4.78, 5) is 24.8. The number of carbonyl (C=O) groups excluding carboxylic acids is 2. The summed E-state index contributed by atoms with van der Waals surface area (Å²) >= 11 is 6.23. The molecule has 0 spiro atoms. The summed E-state index contributed by atoms with van der Waals surface area (Å²) in [6, 6.07) is 11.4. The maximum atomic E-state index is 12.4. The first kappa shape index (κ1) is 17.5. The molecule has 1 aliphatic rings. The Labute approximate surface area is 152 Å². The average Bonchev–Trinajstić information content (AvgIpc) is 3.33. The molecule has 2 N–H and O–H groups in total. The summed E-state index contributed by atoms with van der Waals surface area (Å²) in [6.45, 7) is 5.80. The van der Waals surface area contributed by atoms with E-state index in [-0.39, 0.29) is 23.7 Å². The zero-order valence-electron chi connectivity index (χ0n) is 14.5. The second kappa shape index (κ2) is 6.89. The second-order valence-electron chi connectivity index (χ2n) is 6.68. The Kier molecular flexibility index (Phi) is 4.82. The van der Waals surface area contributed by atoms with Gasteiger partial charge >= 0.3 is 0 Å². The van der Waals surface area contributed by atoms with Crippen molar-refractivity contribution in [2.45, 2.75) is 27.2 Å². The molecule has 1 saturated carbocycles. The van der Waals surface area contributed by atoms with E-state index in [0.29, 0.717) is 17.1 Å². The Bertz CT molecular complexity index is 824. The van der Waals surface area contributed by atoms with Crippen molar-refractivity contribution in [2.75, 3.05) is 10.6 Å². The van der Waals surface area contributed by atoms with Gasteiger partial charge in [-0.2, -0.15) is 0 Å². The molecule has 3 rings (SSSR count). The van der Waals surface area contributed by atoms with Crippen molar-refractivity contribution in [3.8, 4) is 0 Å². The predicted molar refractivity (Wildman–Crippen MR) is 101 cm³/mol. The SMILES string of the molecule is Cc1cc(C)c(NC(=O)C2CC2C(=O)Nc2ccccc2C)c(Cl)c1. The molecule has 2 amide bonds. The highest BCUT2D eigenvalue weighted by molar-refractivity contribution is 6.34. The van der Waals surface area contributed by atoms with Gasteiger partial charge in [0.1, 0.15) is 0 Å². The Morgan fingerprint density at radius 3 is 2.24 bits per heavy atom. The van der Waals surface area contributed by atoms with Crippen LogP contribution in [0.5, 0.6) is 0 Å². The molecule has 2 unspecified atom stereocenters. The molecule has 2 atom stereocenters. The van der Waals surface area contributed by atoms with Gasteiger partial charge in [0, 0.05) is 5.69 Å². The van der Waals surface area contributed by atoms with Crippen LogP contribution in [0.1, 0.15) is 23.1 Å². The van der Waals surface area contributed by atoms with E-state index in [4.69, 9.17) is 11.6 Å². The number of carbonyl (C=O) groups is 2. The van der Waals surface area contributed by atoms with E-state index in [1.54, 1.807) is 0 Å². The number of anilines is 2. The summed E-state index contributed by atoms with van der Waals surface area (Å²) in [6.07, 6.45) is 0.562. The van der Waals surface area contributed by atoms with E-state index in [1.165, 1.54) is 0 Å². The fourth-order valence-corrected chi connectivity index (χ4v) is 3.37. The third kappa shape index (κ3) is 3.85. The summed E-state index contributed by atoms with van der Waals surface area (Å²) in [5, 5.41) is 6.30. The molecule has 4 nitrogen and oxygen atoms in total. The van der Waals surface area contributed by atoms with Gasteiger partial charge in [-0.15, -0.1) is 0 Å². The van der Waals surface area contributed by atoms with E-state index >= 15 is 0 Å². The van der Waals surface area contributed by atoms with Crippen LogP contribution in [-0.4, -0.2) is 11.8 Å². The number of nitrogens with one attached hydrogen (secondary N) is 2. The lowest BCUT2D eigenvalue weighted by Crippen LogP contribution is -2.21. The maximum absolute atomic E-state index is 12.4. The fourth-order valence-electron chi connectivity index (χ4n) is 3.00. The molecule has 1 fully saturated rings. The van der Waals surface area contributed by atoms with Gasteiger partial charge in [-0.05, 0) is 56.0 Å². The van der Waals surface area contributed by atoms with Crippen LogP contribution in [0.15, 0.2) is 36.4 Å². The van der Waals surface area contributed by atoms with Crippen molar-refractivity contribution in [2.24, 2.45) is 11.8 Å². The summed E-state index contributed by atoms with van der Waals surface area (Å²) < 4.78 is 0. The Morgan fingerprint density at radius 1 is 0.960 bits per heavy atom. The summed E-state index contributed by atoms with van der Waals surface area (Å²) in [5.41, 5.74) is 4.38. The normalized spacial score (nSPS) is 18.6. The zero-order chi connectivity index (χ0) is 18.1. The van der Waals surface area contributed by atoms with Gasteiger partial charge in [0.2, 0.25) is 11.8 Å². The van der Waals surface area contributed by atoms with E-state index in [9.17, 15) is 9.59 Å². The number of halogens is 1. The van der Waals surface area contributed by atoms with Gasteiger partial charge in [0.15, 0.2) is 0 Å². The van der Waals surface area contributed by atoms with E-state index in [1.807, 2.05) is 57.2 Å². The number of rotatable bonds is 4. The predicted octanol–water partition coefficient (Wildman–Crippen LogP) is 4.48. The molecule has 1 aliphatic carbocycles. The van der Waals surface area contributed by atoms with Crippen LogP contribution in [0.4, 0.5) is 11.4 Å². The minimum Gasteiger partial charge on any atom is -0.326 e. The molecule has 25 heavy (non-hydrogen) atoms. The van der Waals surface area contributed by atoms with Crippen LogP contribution < -0.4 is 10.6 Å². The number of hydrogen-bond donors (Lipinski definition) is 2. The van der Waals surface area contributed by atoms with Gasteiger partial charge in [0.05, 0.1) is 22.5 Å². The van der Waals surface area contributed by atoms with Crippen LogP contribution in [-0.2, 0) is 9.59 Å². The molecule has 0 radical (unpaired) electrons. The van der Waals surface area contributed by atoms with Crippen molar-refractivity contribution < 1.29 is 9.59 Å². The van der Waals surface area contributed by atoms with Gasteiger partial charge in [0.25, 0.3) is 0 Å². The van der Waals surface area contributed by atoms with Crippen molar-refractivity contribution >= 4 is 34.8 Å². The first-order chi connectivity index (χ1) is 11.9. The molecule has 0 aromatic heterocycles. The largest absolute Gasteiger partial charge is 0.326 e. The molecule has 2 aromatic rings. The quantitative estimate of drug-likeness (QED) is 0.848. The number of amides is 2. The van der Waals surface area contributed by atoms with Crippen molar-refractivity contribution in [3.05, 3.63) is 58.1 Å². The summed E-state index contributed by atoms with van der Waals surface area (Å²) in [7, 11) is 0. The molecule has 2 aromatic carbocycles. The number of hydrogen-bond acceptors (Lipinski definition) is 2. The second-order valence-corrected chi connectivity index (χ2v) is 7.09. The lowest BCUT2D eigenvalue weighted by Gasteiger charge is -2.12. The van der Waals surface area contributed by atoms with E-state index < -0.39 is 0 Å². The molecule has 0 heterocycles. The maximum Gasteiger partial charge on any atom is 0.228 e. The highest BCUT2D eigenvalue weighted by Crippen LogP contribution is 2.41. The lowest BCUT2D eigenvalue weighted by atomic mass is 10.1. The third-order valence-electron chi connectivity index (χ3n) is 4.55. The minimum atomic E-state index is -0.305. The van der Waals surface area contributed by atoms with Crippen molar-refractivity contribution in [1.29, 1.82) is 0 Å². The van der Waals surface area contributed by atoms with Crippen molar-refractivity contribution in [3.63, 3.8) is 0 Å². The van der Waals surface area contributed by atoms with Gasteiger partial charge < -0.3 is 10.6 Å². The highest BCUT2D eigenvalue weighted by Gasteiger charge is 2.48. The highest BCUT2D eigenvalue weighted by atomic mass is 35.5. The molecular formula is C20H21ClN2O2. The smallest absolute Gasteiger partial charge is 0.228 e. The molecule has 130 valence electrons. The van der Waals surface area contributed by atoms with Gasteiger partial charge in [-0.1, -0.05) is 35.9 Å². The van der Waals surface area contributed by atoms with Crippen LogP contribution in [0.25, 0.3) is 0 Å². The Hall–Kier alpha value is -2.33. The summed E-state index contributed by atoms with van der Waals surface area (Å²) in [5.74, 6) is -0.857. The first-order valence-electron chi connectivity index (χ1n) is 8.31. The Balaban J connectivity index is 1.63. The minimum absolute atomic E-state index is 0.110. The van der Waals surface area contributed by atoms with Gasteiger partial charge in [-0.25, -0.2) is 0 Å². The first-order valence-corrected chi connectivity index (χ1v) is 8.68. The number of aryl methyl sites for hydroxylation is 3. The van der Waals surface area contributed by atoms with Gasteiger partial charge in [-0.3, -0.25) is 9.59 Å². The topological polar surface area (TPSA) is 58.2 Å². The monoisotopic (exact) mass is 356 g/mol. The Morgan fingerprint density at radius 2 is 1.60 bits per heavy atom. The van der Waals surface area contributed by atoms with E-state index in [2.05, 4.69) is 10.6 Å². The third-order valence-corrected chi connectivity index (χ3v) is 4.84. The number of para-hydroxylation sites is 1. The van der Waals surface area contributed by atoms with Crippen LogP contribution in [0.3, 0.4) is 0 Å². The standard InChI is InChI=1S/C20H21ClN2O2/c1-11-8-13(3)18(16(21)9-11)23-20(25)15-10-14(15)19(24)22-17-7-5-4-6-12(17)2/h4-9,14-15H,10H2,1-3H3,(H,22,24)(H,23,25).